The standard InChI is InChI=1S/C29H22Cl3FN8OS/c30-20-1-2-22(26(33)25(20)32)38-27-14(7-34)8-35-28-18(27)5-15(6-21(28)31)37-29(23-9-36-40-39-23)19-13-43-24-10-41(4-3-17(19)24)16-11-42-12-16/h1-2,5-6,8-9,13,16,29,37H,3-4,10-12H2,(H,35,38)(H,36,39,40). The SMILES string of the molecule is N#Cc1cnc2c(Cl)cc(NC(c3cn[nH]n3)c3csc4c3CCN(C3COC3)C4)cc2c1Nc1ccc(Cl)c(Cl)c1F. The Morgan fingerprint density at radius 3 is 2.79 bits per heavy atom. The van der Waals surface area contributed by atoms with Gasteiger partial charge < -0.3 is 15.4 Å². The van der Waals surface area contributed by atoms with Crippen LogP contribution in [0.15, 0.2) is 42.0 Å². The number of thiophene rings is 1. The van der Waals surface area contributed by atoms with Crippen molar-refractivity contribution in [2.75, 3.05) is 30.4 Å². The molecule has 9 nitrogen and oxygen atoms in total. The second-order valence-corrected chi connectivity index (χ2v) is 12.5. The molecule has 2 aromatic carbocycles. The van der Waals surface area contributed by atoms with Gasteiger partial charge in [0.2, 0.25) is 0 Å². The Hall–Kier alpha value is -3.50. The molecule has 3 aromatic heterocycles. The van der Waals surface area contributed by atoms with Crippen molar-refractivity contribution < 1.29 is 9.13 Å². The predicted octanol–water partition coefficient (Wildman–Crippen LogP) is 7.09. The van der Waals surface area contributed by atoms with E-state index in [0.717, 1.165) is 38.3 Å². The maximum absolute atomic E-state index is 15.0. The fraction of sp³-hybridized carbons (Fsp3) is 0.241. The normalized spacial score (nSPS) is 16.0. The lowest BCUT2D eigenvalue weighted by molar-refractivity contribution is -0.0691. The molecule has 0 bridgehead atoms. The van der Waals surface area contributed by atoms with Gasteiger partial charge in [-0.25, -0.2) is 4.39 Å². The molecule has 1 saturated heterocycles. The molecule has 1 fully saturated rings. The number of aromatic amines is 1. The van der Waals surface area contributed by atoms with E-state index >= 15 is 4.39 Å². The van der Waals surface area contributed by atoms with Crippen LogP contribution in [0.5, 0.6) is 0 Å². The Kier molecular flexibility index (Phi) is 7.59. The number of pyridine rings is 1. The van der Waals surface area contributed by atoms with E-state index in [1.54, 1.807) is 23.6 Å². The van der Waals surface area contributed by atoms with Gasteiger partial charge in [-0.05, 0) is 47.2 Å². The molecule has 0 saturated carbocycles. The number of halogens is 4. The molecule has 218 valence electrons. The number of anilines is 3. The van der Waals surface area contributed by atoms with Crippen molar-refractivity contribution in [3.63, 3.8) is 0 Å². The number of nitriles is 1. The van der Waals surface area contributed by atoms with Crippen molar-refractivity contribution in [1.29, 1.82) is 5.26 Å². The molecule has 5 aromatic rings. The zero-order chi connectivity index (χ0) is 29.7. The van der Waals surface area contributed by atoms with Crippen molar-refractivity contribution >= 4 is 74.1 Å². The van der Waals surface area contributed by atoms with E-state index < -0.39 is 5.82 Å². The average Bonchev–Trinajstić information content (AvgIpc) is 3.66. The minimum absolute atomic E-state index is 0.0563. The van der Waals surface area contributed by atoms with E-state index in [9.17, 15) is 5.26 Å². The van der Waals surface area contributed by atoms with Crippen LogP contribution in [0.2, 0.25) is 15.1 Å². The molecule has 2 aliphatic heterocycles. The molecule has 0 amide bonds. The number of hydrogen-bond donors (Lipinski definition) is 3. The summed E-state index contributed by atoms with van der Waals surface area (Å²) in [5, 5.41) is 30.6. The Balaban J connectivity index is 1.28. The quantitative estimate of drug-likeness (QED) is 0.159. The molecule has 5 heterocycles. The van der Waals surface area contributed by atoms with Gasteiger partial charge in [-0.3, -0.25) is 9.88 Å². The number of fused-ring (bicyclic) bond motifs is 2. The van der Waals surface area contributed by atoms with Crippen molar-refractivity contribution in [1.82, 2.24) is 25.3 Å². The van der Waals surface area contributed by atoms with Gasteiger partial charge in [0.25, 0.3) is 0 Å². The molecule has 0 radical (unpaired) electrons. The maximum Gasteiger partial charge on any atom is 0.166 e. The molecule has 1 atom stereocenters. The van der Waals surface area contributed by atoms with E-state index in [1.807, 2.05) is 6.07 Å². The third-order valence-electron chi connectivity index (χ3n) is 7.84. The van der Waals surface area contributed by atoms with Crippen LogP contribution >= 0.6 is 46.1 Å². The van der Waals surface area contributed by atoms with Crippen LogP contribution in [0.1, 0.15) is 33.3 Å². The van der Waals surface area contributed by atoms with Crippen LogP contribution < -0.4 is 10.6 Å². The number of hydrogen-bond acceptors (Lipinski definition) is 9. The molecule has 3 N–H and O–H groups in total. The predicted molar refractivity (Wildman–Crippen MR) is 166 cm³/mol. The van der Waals surface area contributed by atoms with Gasteiger partial charge >= 0.3 is 0 Å². The Bertz CT molecular complexity index is 1890. The monoisotopic (exact) mass is 654 g/mol. The zero-order valence-electron chi connectivity index (χ0n) is 22.3. The molecule has 0 aliphatic carbocycles. The summed E-state index contributed by atoms with van der Waals surface area (Å²) in [6, 6.07) is 8.82. The minimum atomic E-state index is -0.736. The third-order valence-corrected chi connectivity index (χ3v) is 9.94. The fourth-order valence-corrected chi connectivity index (χ4v) is 7.24. The second kappa shape index (κ2) is 11.5. The zero-order valence-corrected chi connectivity index (χ0v) is 25.4. The van der Waals surface area contributed by atoms with Gasteiger partial charge in [0.05, 0.1) is 69.0 Å². The minimum Gasteiger partial charge on any atom is -0.378 e. The molecule has 1 unspecified atom stereocenters. The summed E-state index contributed by atoms with van der Waals surface area (Å²) in [4.78, 5) is 8.23. The fourth-order valence-electron chi connectivity index (χ4n) is 5.51. The number of rotatable bonds is 7. The van der Waals surface area contributed by atoms with Gasteiger partial charge in [-0.2, -0.15) is 20.7 Å². The molecule has 14 heteroatoms. The number of ether oxygens (including phenoxy) is 1. The van der Waals surface area contributed by atoms with Crippen LogP contribution in [0, 0.1) is 17.1 Å². The highest BCUT2D eigenvalue weighted by Crippen LogP contribution is 2.40. The van der Waals surface area contributed by atoms with Gasteiger partial charge in [0.1, 0.15) is 11.8 Å². The van der Waals surface area contributed by atoms with Crippen molar-refractivity contribution in [3.8, 4) is 6.07 Å². The highest BCUT2D eigenvalue weighted by Gasteiger charge is 2.32. The smallest absolute Gasteiger partial charge is 0.166 e. The van der Waals surface area contributed by atoms with Gasteiger partial charge in [0, 0.05) is 35.2 Å². The Morgan fingerprint density at radius 2 is 2.05 bits per heavy atom. The average molecular weight is 656 g/mol. The van der Waals surface area contributed by atoms with Crippen molar-refractivity contribution in [2.45, 2.75) is 25.0 Å². The summed E-state index contributed by atoms with van der Waals surface area (Å²) in [5.41, 5.74) is 4.83. The van der Waals surface area contributed by atoms with Gasteiger partial charge in [0.15, 0.2) is 5.82 Å². The second-order valence-electron chi connectivity index (χ2n) is 10.3. The van der Waals surface area contributed by atoms with E-state index in [2.05, 4.69) is 47.4 Å². The first-order chi connectivity index (χ1) is 20.9. The molecule has 43 heavy (non-hydrogen) atoms. The number of benzene rings is 2. The largest absolute Gasteiger partial charge is 0.378 e. The van der Waals surface area contributed by atoms with Crippen LogP contribution in [0.4, 0.5) is 21.5 Å². The third kappa shape index (κ3) is 5.18. The summed E-state index contributed by atoms with van der Waals surface area (Å²) in [6.07, 6.45) is 4.01. The number of nitrogens with zero attached hydrogens (tertiary/aromatic N) is 5. The molecule has 0 spiro atoms. The van der Waals surface area contributed by atoms with Crippen LogP contribution in [-0.2, 0) is 17.7 Å². The number of H-pyrrole nitrogens is 1. The first-order valence-electron chi connectivity index (χ1n) is 13.4. The first-order valence-corrected chi connectivity index (χ1v) is 15.4. The molecule has 2 aliphatic rings. The van der Waals surface area contributed by atoms with Crippen molar-refractivity contribution in [2.24, 2.45) is 0 Å². The van der Waals surface area contributed by atoms with Crippen LogP contribution in [-0.4, -0.2) is 51.1 Å². The van der Waals surface area contributed by atoms with Crippen molar-refractivity contribution in [3.05, 3.63) is 90.2 Å². The van der Waals surface area contributed by atoms with E-state index in [1.165, 1.54) is 28.8 Å². The van der Waals surface area contributed by atoms with Crippen LogP contribution in [0.25, 0.3) is 10.9 Å². The lowest BCUT2D eigenvalue weighted by Gasteiger charge is -2.39. The summed E-state index contributed by atoms with van der Waals surface area (Å²) in [7, 11) is 0. The lowest BCUT2D eigenvalue weighted by Crippen LogP contribution is -2.50. The summed E-state index contributed by atoms with van der Waals surface area (Å²) in [6.45, 7) is 3.43. The summed E-state index contributed by atoms with van der Waals surface area (Å²) in [5.74, 6) is -0.736. The van der Waals surface area contributed by atoms with Gasteiger partial charge in [-0.15, -0.1) is 11.3 Å². The highest BCUT2D eigenvalue weighted by molar-refractivity contribution is 7.10. The molecular formula is C29H22Cl3FN8OS. The Morgan fingerprint density at radius 1 is 1.19 bits per heavy atom. The Labute approximate surface area is 264 Å². The van der Waals surface area contributed by atoms with E-state index in [0.29, 0.717) is 39.0 Å². The molecule has 7 rings (SSSR count). The summed E-state index contributed by atoms with van der Waals surface area (Å²) < 4.78 is 20.4. The molecular weight excluding hydrogens is 634 g/mol. The summed E-state index contributed by atoms with van der Waals surface area (Å²) >= 11 is 20.5. The first kappa shape index (κ1) is 28.3. The number of nitrogens with one attached hydrogen (secondary N) is 3. The lowest BCUT2D eigenvalue weighted by atomic mass is 9.95. The maximum atomic E-state index is 15.0. The van der Waals surface area contributed by atoms with Gasteiger partial charge in [-0.1, -0.05) is 34.8 Å². The van der Waals surface area contributed by atoms with E-state index in [4.69, 9.17) is 39.5 Å². The number of aromatic nitrogens is 4. The highest BCUT2D eigenvalue weighted by atomic mass is 35.5. The topological polar surface area (TPSA) is 115 Å². The van der Waals surface area contributed by atoms with E-state index in [-0.39, 0.29) is 27.3 Å². The van der Waals surface area contributed by atoms with Crippen LogP contribution in [0.3, 0.4) is 0 Å².